The van der Waals surface area contributed by atoms with Crippen molar-refractivity contribution in [1.82, 2.24) is 10.2 Å². The molecule has 0 bridgehead atoms. The minimum Gasteiger partial charge on any atom is -0.480 e. The highest BCUT2D eigenvalue weighted by Gasteiger charge is 2.44. The summed E-state index contributed by atoms with van der Waals surface area (Å²) in [7, 11) is 0. The van der Waals surface area contributed by atoms with Crippen LogP contribution >= 0.6 is 0 Å². The number of carbonyl (C=O) groups is 2. The average Bonchev–Trinajstić information content (AvgIpc) is 3.01. The molecule has 4 atom stereocenters. The second-order valence-corrected chi connectivity index (χ2v) is 5.44. The normalized spacial score (nSPS) is 33.6. The molecule has 3 N–H and O–H groups in total. The summed E-state index contributed by atoms with van der Waals surface area (Å²) in [6, 6.07) is -1.00. The molecule has 0 aromatic carbocycles. The fourth-order valence-corrected chi connectivity index (χ4v) is 2.83. The van der Waals surface area contributed by atoms with Gasteiger partial charge in [-0.25, -0.2) is 4.79 Å². The zero-order chi connectivity index (χ0) is 14.7. The van der Waals surface area contributed by atoms with Crippen LogP contribution in [0.4, 0.5) is 0 Å². The Labute approximate surface area is 117 Å². The van der Waals surface area contributed by atoms with Crippen LogP contribution < -0.4 is 5.32 Å². The molecule has 0 aromatic heterocycles. The number of aliphatic hydroxyl groups is 1. The molecule has 2 fully saturated rings. The zero-order valence-corrected chi connectivity index (χ0v) is 11.6. The van der Waals surface area contributed by atoms with Crippen LogP contribution in [0.25, 0.3) is 0 Å². The van der Waals surface area contributed by atoms with Gasteiger partial charge in [0.2, 0.25) is 5.91 Å². The first kappa shape index (κ1) is 15.2. The van der Waals surface area contributed by atoms with E-state index in [1.807, 2.05) is 6.92 Å². The van der Waals surface area contributed by atoms with Crippen LogP contribution in [-0.2, 0) is 14.3 Å². The number of rotatable bonds is 5. The third-order valence-electron chi connectivity index (χ3n) is 3.90. The van der Waals surface area contributed by atoms with Gasteiger partial charge in [-0.05, 0) is 13.0 Å². The number of aliphatic hydroxyl groups excluding tert-OH is 1. The molecule has 7 heteroatoms. The van der Waals surface area contributed by atoms with Crippen molar-refractivity contribution in [1.29, 1.82) is 0 Å². The second-order valence-electron chi connectivity index (χ2n) is 5.44. The number of ether oxygens (including phenoxy) is 1. The van der Waals surface area contributed by atoms with E-state index in [1.54, 1.807) is 0 Å². The maximum atomic E-state index is 12.5. The number of carboxylic acids is 1. The lowest BCUT2D eigenvalue weighted by Gasteiger charge is -2.27. The minimum absolute atomic E-state index is 0.0744. The molecular weight excluding hydrogens is 264 g/mol. The van der Waals surface area contributed by atoms with Crippen LogP contribution in [0.15, 0.2) is 0 Å². The van der Waals surface area contributed by atoms with Crippen LogP contribution in [0, 0.1) is 5.92 Å². The Kier molecular flexibility index (Phi) is 4.95. The third-order valence-corrected chi connectivity index (χ3v) is 3.90. The molecule has 20 heavy (non-hydrogen) atoms. The highest BCUT2D eigenvalue weighted by Crippen LogP contribution is 2.24. The number of nitrogens with zero attached hydrogens (tertiary/aromatic N) is 1. The summed E-state index contributed by atoms with van der Waals surface area (Å²) in [4.78, 5) is 25.0. The van der Waals surface area contributed by atoms with Crippen molar-refractivity contribution in [2.45, 2.75) is 38.0 Å². The number of hydrogen-bond donors (Lipinski definition) is 3. The first-order valence-corrected chi connectivity index (χ1v) is 7.07. The summed E-state index contributed by atoms with van der Waals surface area (Å²) in [5.74, 6) is -1.67. The van der Waals surface area contributed by atoms with Gasteiger partial charge in [0.1, 0.15) is 6.04 Å². The van der Waals surface area contributed by atoms with Crippen molar-refractivity contribution in [3.63, 3.8) is 0 Å². The van der Waals surface area contributed by atoms with Crippen LogP contribution in [0.2, 0.25) is 0 Å². The van der Waals surface area contributed by atoms with E-state index in [9.17, 15) is 14.7 Å². The highest BCUT2D eigenvalue weighted by molar-refractivity contribution is 5.86. The highest BCUT2D eigenvalue weighted by atomic mass is 16.5. The summed E-state index contributed by atoms with van der Waals surface area (Å²) in [5, 5.41) is 22.0. The van der Waals surface area contributed by atoms with Crippen LogP contribution in [0.5, 0.6) is 0 Å². The van der Waals surface area contributed by atoms with Gasteiger partial charge in [-0.3, -0.25) is 4.79 Å². The van der Waals surface area contributed by atoms with Gasteiger partial charge in [0.05, 0.1) is 25.2 Å². The lowest BCUT2D eigenvalue weighted by Crippen LogP contribution is -2.49. The number of carboxylic acid groups (broad SMARTS) is 1. The van der Waals surface area contributed by atoms with Gasteiger partial charge in [-0.2, -0.15) is 0 Å². The van der Waals surface area contributed by atoms with Gasteiger partial charge in [0, 0.05) is 19.0 Å². The molecular formula is C13H22N2O5. The number of aliphatic carboxylic acids is 1. The minimum atomic E-state index is -1.06. The SMILES string of the molecule is CCCNC1COCC1C(=O)N1CC(O)CC1C(=O)O. The monoisotopic (exact) mass is 286 g/mol. The van der Waals surface area contributed by atoms with E-state index in [-0.39, 0.29) is 30.8 Å². The summed E-state index contributed by atoms with van der Waals surface area (Å²) in [5.41, 5.74) is 0. The van der Waals surface area contributed by atoms with Gasteiger partial charge >= 0.3 is 5.97 Å². The molecule has 2 rings (SSSR count). The van der Waals surface area contributed by atoms with Gasteiger partial charge in [0.15, 0.2) is 0 Å². The van der Waals surface area contributed by atoms with Gasteiger partial charge in [-0.15, -0.1) is 0 Å². The standard InChI is InChI=1S/C13H22N2O5/c1-2-3-14-10-7-20-6-9(10)12(17)15-5-8(16)4-11(15)13(18)19/h8-11,14,16H,2-7H2,1H3,(H,18,19). The molecule has 1 amide bonds. The van der Waals surface area contributed by atoms with Crippen molar-refractivity contribution < 1.29 is 24.5 Å². The number of amides is 1. The largest absolute Gasteiger partial charge is 0.480 e. The van der Waals surface area contributed by atoms with Crippen molar-refractivity contribution in [3.05, 3.63) is 0 Å². The fraction of sp³-hybridized carbons (Fsp3) is 0.846. The lowest BCUT2D eigenvalue weighted by atomic mass is 10.0. The fourth-order valence-electron chi connectivity index (χ4n) is 2.83. The Morgan fingerprint density at radius 2 is 2.15 bits per heavy atom. The Morgan fingerprint density at radius 3 is 2.80 bits per heavy atom. The van der Waals surface area contributed by atoms with Gasteiger partial charge in [-0.1, -0.05) is 6.92 Å². The molecule has 0 spiro atoms. The Morgan fingerprint density at radius 1 is 1.40 bits per heavy atom. The summed E-state index contributed by atoms with van der Waals surface area (Å²) in [6.07, 6.45) is 0.295. The Balaban J connectivity index is 2.03. The molecule has 0 aromatic rings. The van der Waals surface area contributed by atoms with Gasteiger partial charge in [0.25, 0.3) is 0 Å². The quantitative estimate of drug-likeness (QED) is 0.602. The first-order chi connectivity index (χ1) is 9.54. The molecule has 0 aliphatic carbocycles. The average molecular weight is 286 g/mol. The molecule has 2 aliphatic rings. The molecule has 0 saturated carbocycles. The maximum Gasteiger partial charge on any atom is 0.326 e. The third kappa shape index (κ3) is 3.11. The Hall–Kier alpha value is -1.18. The number of likely N-dealkylation sites (tertiary alicyclic amines) is 1. The van der Waals surface area contributed by atoms with Crippen molar-refractivity contribution >= 4 is 11.9 Å². The molecule has 7 nitrogen and oxygen atoms in total. The zero-order valence-electron chi connectivity index (χ0n) is 11.6. The van der Waals surface area contributed by atoms with E-state index in [0.717, 1.165) is 13.0 Å². The molecule has 0 radical (unpaired) electrons. The molecule has 2 saturated heterocycles. The van der Waals surface area contributed by atoms with Crippen LogP contribution in [-0.4, -0.2) is 71.5 Å². The molecule has 2 heterocycles. The first-order valence-electron chi connectivity index (χ1n) is 7.07. The summed E-state index contributed by atoms with van der Waals surface area (Å²) >= 11 is 0. The lowest BCUT2D eigenvalue weighted by molar-refractivity contribution is -0.150. The van der Waals surface area contributed by atoms with E-state index in [2.05, 4.69) is 5.32 Å². The van der Waals surface area contributed by atoms with Crippen molar-refractivity contribution in [2.75, 3.05) is 26.3 Å². The van der Waals surface area contributed by atoms with E-state index >= 15 is 0 Å². The number of hydrogen-bond acceptors (Lipinski definition) is 5. The van der Waals surface area contributed by atoms with E-state index in [1.165, 1.54) is 4.90 Å². The van der Waals surface area contributed by atoms with Crippen LogP contribution in [0.1, 0.15) is 19.8 Å². The number of carbonyl (C=O) groups excluding carboxylic acids is 1. The van der Waals surface area contributed by atoms with Crippen molar-refractivity contribution in [2.24, 2.45) is 5.92 Å². The van der Waals surface area contributed by atoms with Gasteiger partial charge < -0.3 is 25.2 Å². The van der Waals surface area contributed by atoms with E-state index in [0.29, 0.717) is 13.2 Å². The molecule has 4 unspecified atom stereocenters. The maximum absolute atomic E-state index is 12.5. The second kappa shape index (κ2) is 6.51. The molecule has 2 aliphatic heterocycles. The topological polar surface area (TPSA) is 99.1 Å². The predicted octanol–water partition coefficient (Wildman–Crippen LogP) is -0.953. The van der Waals surface area contributed by atoms with Crippen LogP contribution in [0.3, 0.4) is 0 Å². The Bertz CT molecular complexity index is 376. The number of β-amino-alcohol motifs (C(OH)–C–C–N with tert-alkyl or cyclic N) is 1. The smallest absolute Gasteiger partial charge is 0.326 e. The summed E-state index contributed by atoms with van der Waals surface area (Å²) in [6.45, 7) is 3.69. The number of nitrogens with one attached hydrogen (secondary N) is 1. The predicted molar refractivity (Wildman–Crippen MR) is 70.2 cm³/mol. The van der Waals surface area contributed by atoms with Crippen molar-refractivity contribution in [3.8, 4) is 0 Å². The van der Waals surface area contributed by atoms with E-state index < -0.39 is 18.1 Å². The molecule has 114 valence electrons. The van der Waals surface area contributed by atoms with E-state index in [4.69, 9.17) is 9.84 Å². The summed E-state index contributed by atoms with van der Waals surface area (Å²) < 4.78 is 5.35.